The lowest BCUT2D eigenvalue weighted by atomic mass is 10.1. The number of hydrogen-bond acceptors (Lipinski definition) is 3. The number of hydrogen-bond donors (Lipinski definition) is 2. The van der Waals surface area contributed by atoms with Crippen LogP contribution in [-0.2, 0) is 11.0 Å². The number of halogens is 3. The summed E-state index contributed by atoms with van der Waals surface area (Å²) >= 11 is 1.22. The highest BCUT2D eigenvalue weighted by atomic mass is 32.2. The molecule has 3 aromatic rings. The molecule has 0 aliphatic heterocycles. The van der Waals surface area contributed by atoms with Gasteiger partial charge in [0.2, 0.25) is 5.91 Å². The fourth-order valence-corrected chi connectivity index (χ4v) is 4.19. The summed E-state index contributed by atoms with van der Waals surface area (Å²) in [4.78, 5) is 26.0. The van der Waals surface area contributed by atoms with Crippen LogP contribution in [0.4, 0.5) is 24.5 Å². The quantitative estimate of drug-likeness (QED) is 0.373. The second-order valence-electron chi connectivity index (χ2n) is 7.40. The molecule has 0 spiro atoms. The molecule has 0 aromatic heterocycles. The van der Waals surface area contributed by atoms with Crippen LogP contribution in [0.2, 0.25) is 0 Å². The Labute approximate surface area is 194 Å². The van der Waals surface area contributed by atoms with Crippen molar-refractivity contribution in [2.75, 3.05) is 10.6 Å². The molecule has 3 rings (SSSR count). The Morgan fingerprint density at radius 1 is 0.939 bits per heavy atom. The summed E-state index contributed by atoms with van der Waals surface area (Å²) in [6, 6.07) is 19.1. The van der Waals surface area contributed by atoms with E-state index in [1.807, 2.05) is 13.0 Å². The zero-order valence-electron chi connectivity index (χ0n) is 18.1. The summed E-state index contributed by atoms with van der Waals surface area (Å²) in [7, 11) is 0. The number of para-hydroxylation sites is 1. The van der Waals surface area contributed by atoms with Crippen molar-refractivity contribution >= 4 is 35.0 Å². The van der Waals surface area contributed by atoms with E-state index in [1.165, 1.54) is 30.0 Å². The average molecular weight is 473 g/mol. The van der Waals surface area contributed by atoms with Crippen molar-refractivity contribution in [2.45, 2.75) is 36.6 Å². The van der Waals surface area contributed by atoms with Gasteiger partial charge in [-0.25, -0.2) is 0 Å². The Morgan fingerprint density at radius 2 is 1.67 bits per heavy atom. The van der Waals surface area contributed by atoms with Crippen LogP contribution in [0.1, 0.15) is 34.8 Å². The molecule has 0 radical (unpaired) electrons. The number of nitrogens with one attached hydrogen (secondary N) is 2. The van der Waals surface area contributed by atoms with Gasteiger partial charge in [-0.15, -0.1) is 11.8 Å². The molecule has 2 amide bonds. The van der Waals surface area contributed by atoms with Gasteiger partial charge < -0.3 is 10.6 Å². The van der Waals surface area contributed by atoms with E-state index in [1.54, 1.807) is 49.4 Å². The van der Waals surface area contributed by atoms with Crippen LogP contribution in [0.25, 0.3) is 0 Å². The molecular weight excluding hydrogens is 449 g/mol. The summed E-state index contributed by atoms with van der Waals surface area (Å²) < 4.78 is 39.7. The Bertz CT molecular complexity index is 1150. The Kier molecular flexibility index (Phi) is 7.81. The topological polar surface area (TPSA) is 58.2 Å². The number of carbonyl (C=O) groups excluding carboxylic acids is 2. The summed E-state index contributed by atoms with van der Waals surface area (Å²) in [6.07, 6.45) is -4.16. The van der Waals surface area contributed by atoms with Gasteiger partial charge in [0.15, 0.2) is 0 Å². The molecule has 0 fully saturated rings. The Balaban J connectivity index is 1.71. The van der Waals surface area contributed by atoms with E-state index in [-0.39, 0.29) is 11.6 Å². The zero-order valence-corrected chi connectivity index (χ0v) is 18.9. The molecule has 33 heavy (non-hydrogen) atoms. The number of anilines is 2. The van der Waals surface area contributed by atoms with Gasteiger partial charge in [-0.1, -0.05) is 42.8 Å². The second kappa shape index (κ2) is 10.6. The molecule has 0 bridgehead atoms. The second-order valence-corrected chi connectivity index (χ2v) is 8.67. The van der Waals surface area contributed by atoms with Crippen molar-refractivity contribution in [1.82, 2.24) is 0 Å². The predicted molar refractivity (Wildman–Crippen MR) is 126 cm³/mol. The van der Waals surface area contributed by atoms with Crippen LogP contribution >= 0.6 is 11.8 Å². The lowest BCUT2D eigenvalue weighted by Crippen LogP contribution is -2.26. The first-order valence-electron chi connectivity index (χ1n) is 10.3. The summed E-state index contributed by atoms with van der Waals surface area (Å²) in [5.74, 6) is -0.775. The molecule has 2 N–H and O–H groups in total. The monoisotopic (exact) mass is 472 g/mol. The third-order valence-electron chi connectivity index (χ3n) is 4.80. The molecular formula is C25H23F3N2O2S. The maximum absolute atomic E-state index is 13.2. The van der Waals surface area contributed by atoms with Gasteiger partial charge in [-0.2, -0.15) is 13.2 Å². The van der Waals surface area contributed by atoms with Gasteiger partial charge >= 0.3 is 6.18 Å². The summed E-state index contributed by atoms with van der Waals surface area (Å²) in [6.45, 7) is 3.69. The Hall–Kier alpha value is -3.26. The van der Waals surface area contributed by atoms with E-state index in [4.69, 9.17) is 0 Å². The number of rotatable bonds is 7. The van der Waals surface area contributed by atoms with Crippen LogP contribution in [0, 0.1) is 6.92 Å². The number of carbonyl (C=O) groups is 2. The van der Waals surface area contributed by atoms with E-state index in [0.29, 0.717) is 22.6 Å². The number of alkyl halides is 3. The molecule has 172 valence electrons. The molecule has 0 saturated carbocycles. The molecule has 1 atom stereocenters. The van der Waals surface area contributed by atoms with Crippen LogP contribution in [-0.4, -0.2) is 17.1 Å². The van der Waals surface area contributed by atoms with Crippen LogP contribution in [0.15, 0.2) is 77.7 Å². The van der Waals surface area contributed by atoms with Crippen molar-refractivity contribution in [1.29, 1.82) is 0 Å². The third-order valence-corrected chi connectivity index (χ3v) is 6.16. The van der Waals surface area contributed by atoms with E-state index in [9.17, 15) is 22.8 Å². The zero-order chi connectivity index (χ0) is 24.0. The molecule has 0 aliphatic carbocycles. The van der Waals surface area contributed by atoms with Gasteiger partial charge in [0, 0.05) is 16.1 Å². The van der Waals surface area contributed by atoms with Gasteiger partial charge in [0.1, 0.15) is 0 Å². The minimum Gasteiger partial charge on any atom is -0.325 e. The molecule has 0 aliphatic rings. The fraction of sp³-hybridized carbons (Fsp3) is 0.200. The molecule has 1 unspecified atom stereocenters. The van der Waals surface area contributed by atoms with Gasteiger partial charge in [-0.3, -0.25) is 9.59 Å². The van der Waals surface area contributed by atoms with Gasteiger partial charge in [0.25, 0.3) is 5.91 Å². The maximum Gasteiger partial charge on any atom is 0.418 e. The fourth-order valence-electron chi connectivity index (χ4n) is 3.18. The largest absolute Gasteiger partial charge is 0.418 e. The first-order chi connectivity index (χ1) is 15.7. The minimum atomic E-state index is -4.57. The lowest BCUT2D eigenvalue weighted by molar-refractivity contribution is -0.137. The van der Waals surface area contributed by atoms with E-state index >= 15 is 0 Å². The third kappa shape index (κ3) is 6.61. The molecule has 0 heterocycles. The SMILES string of the molecule is CCC(Sc1cccc(NC(=O)c2cccc(C)c2)c1)C(=O)Nc1ccccc1C(F)(F)F. The highest BCUT2D eigenvalue weighted by Gasteiger charge is 2.34. The normalized spacial score (nSPS) is 12.2. The van der Waals surface area contributed by atoms with Crippen molar-refractivity contribution in [3.63, 3.8) is 0 Å². The smallest absolute Gasteiger partial charge is 0.325 e. The van der Waals surface area contributed by atoms with Crippen LogP contribution < -0.4 is 10.6 Å². The van der Waals surface area contributed by atoms with E-state index in [0.717, 1.165) is 11.6 Å². The maximum atomic E-state index is 13.2. The molecule has 3 aromatic carbocycles. The van der Waals surface area contributed by atoms with E-state index < -0.39 is 22.9 Å². The Morgan fingerprint density at radius 3 is 2.36 bits per heavy atom. The standard InChI is InChI=1S/C25H23F3N2O2S/c1-3-22(24(32)30-21-13-5-4-12-20(21)25(26,27)28)33-19-11-7-10-18(15-19)29-23(31)17-9-6-8-16(2)14-17/h4-15,22H,3H2,1-2H3,(H,29,31)(H,30,32). The van der Waals surface area contributed by atoms with E-state index in [2.05, 4.69) is 10.6 Å². The van der Waals surface area contributed by atoms with Crippen molar-refractivity contribution < 1.29 is 22.8 Å². The van der Waals surface area contributed by atoms with Crippen LogP contribution in [0.5, 0.6) is 0 Å². The highest BCUT2D eigenvalue weighted by molar-refractivity contribution is 8.00. The minimum absolute atomic E-state index is 0.255. The summed E-state index contributed by atoms with van der Waals surface area (Å²) in [5.41, 5.74) is 0.898. The van der Waals surface area contributed by atoms with Crippen molar-refractivity contribution in [3.05, 3.63) is 89.5 Å². The number of aryl methyl sites for hydroxylation is 1. The van der Waals surface area contributed by atoms with Gasteiger partial charge in [-0.05, 0) is 55.8 Å². The number of benzene rings is 3. The van der Waals surface area contributed by atoms with Crippen molar-refractivity contribution in [2.24, 2.45) is 0 Å². The van der Waals surface area contributed by atoms with Crippen molar-refractivity contribution in [3.8, 4) is 0 Å². The lowest BCUT2D eigenvalue weighted by Gasteiger charge is -2.18. The predicted octanol–water partition coefficient (Wildman–Crippen LogP) is 6.78. The first kappa shape index (κ1) is 24.4. The first-order valence-corrected chi connectivity index (χ1v) is 11.2. The molecule has 0 saturated heterocycles. The van der Waals surface area contributed by atoms with Crippen LogP contribution in [0.3, 0.4) is 0 Å². The molecule has 4 nitrogen and oxygen atoms in total. The number of amides is 2. The molecule has 8 heteroatoms. The summed E-state index contributed by atoms with van der Waals surface area (Å²) in [5, 5.41) is 4.63. The highest BCUT2D eigenvalue weighted by Crippen LogP contribution is 2.35. The average Bonchev–Trinajstić information content (AvgIpc) is 2.77. The number of thioether (sulfide) groups is 1. The van der Waals surface area contributed by atoms with Gasteiger partial charge in [0.05, 0.1) is 16.5 Å².